The molecule has 0 radical (unpaired) electrons. The highest BCUT2D eigenvalue weighted by Crippen LogP contribution is 2.18. The minimum atomic E-state index is -1.67. The van der Waals surface area contributed by atoms with Gasteiger partial charge in [-0.3, -0.25) is 19.3 Å². The van der Waals surface area contributed by atoms with Gasteiger partial charge in [0.25, 0.3) is 0 Å². The molecule has 0 atom stereocenters. The first-order chi connectivity index (χ1) is 44.8. The third-order valence-corrected chi connectivity index (χ3v) is 16.7. The van der Waals surface area contributed by atoms with Crippen LogP contribution in [0.5, 0.6) is 0 Å². The first-order valence-corrected chi connectivity index (χ1v) is 42.7. The van der Waals surface area contributed by atoms with Gasteiger partial charge in [0.2, 0.25) is 20.4 Å². The van der Waals surface area contributed by atoms with Crippen molar-refractivity contribution in [1.82, 2.24) is 11.1 Å². The lowest BCUT2D eigenvalue weighted by molar-refractivity contribution is -0.137. The number of primary amides is 1. The number of nitrogens with two attached hydrogens (primary N) is 2. The summed E-state index contributed by atoms with van der Waals surface area (Å²) in [6.45, 7) is 22.1. The smallest absolute Gasteiger partial charge is 0.303 e. The Bertz CT molecular complexity index is 1340. The van der Waals surface area contributed by atoms with E-state index >= 15 is 0 Å². The predicted molar refractivity (Wildman–Crippen MR) is 420 cm³/mol. The molecular weight excluding hydrogens is 1280 g/mol. The van der Waals surface area contributed by atoms with E-state index in [1.807, 2.05) is 0 Å². The number of carboxylic acids is 1. The van der Waals surface area contributed by atoms with Crippen molar-refractivity contribution in [2.45, 2.75) is 409 Å². The molecule has 574 valence electrons. The molecule has 0 bridgehead atoms. The van der Waals surface area contributed by atoms with Crippen LogP contribution in [0.4, 0.5) is 0 Å². The monoisotopic (exact) mass is 1450 g/mol. The van der Waals surface area contributed by atoms with Crippen molar-refractivity contribution in [1.29, 1.82) is 0 Å². The summed E-state index contributed by atoms with van der Waals surface area (Å²) in [6, 6.07) is 0. The number of carboxylic acid groups (broad SMARTS) is 1. The Kier molecular flexibility index (Phi) is 121. The van der Waals surface area contributed by atoms with Crippen molar-refractivity contribution in [2.75, 3.05) is 51.9 Å². The van der Waals surface area contributed by atoms with E-state index < -0.39 is 15.2 Å². The number of rotatable bonds is 64. The lowest BCUT2D eigenvalue weighted by Gasteiger charge is -2.19. The lowest BCUT2D eigenvalue weighted by atomic mass is 10.0. The molecule has 0 fully saturated rings. The minimum absolute atomic E-state index is 0. The fourth-order valence-corrected chi connectivity index (χ4v) is 10.8. The predicted octanol–water partition coefficient (Wildman–Crippen LogP) is 24.4. The molecule has 17 heteroatoms. The van der Waals surface area contributed by atoms with Crippen LogP contribution in [0.2, 0.25) is 0 Å². The van der Waals surface area contributed by atoms with Gasteiger partial charge in [-0.15, -0.1) is 11.6 Å². The van der Waals surface area contributed by atoms with Gasteiger partial charge in [-0.2, -0.15) is 0 Å². The van der Waals surface area contributed by atoms with Gasteiger partial charge in [0.1, 0.15) is 0 Å². The largest absolute Gasteiger partial charge is 0.481 e. The molecule has 0 aromatic carbocycles. The van der Waals surface area contributed by atoms with E-state index in [-0.39, 0.29) is 37.1 Å². The van der Waals surface area contributed by atoms with Crippen LogP contribution in [0.1, 0.15) is 409 Å². The van der Waals surface area contributed by atoms with Crippen molar-refractivity contribution < 1.29 is 39.0 Å². The molecule has 0 aromatic rings. The molecule has 0 aromatic heterocycles. The molecule has 0 spiro atoms. The molecule has 11 N–H and O–H groups in total. The third kappa shape index (κ3) is 143. The normalized spacial score (nSPS) is 10.7. The van der Waals surface area contributed by atoms with Crippen LogP contribution in [0.15, 0.2) is 0 Å². The Morgan fingerprint density at radius 2 is 0.606 bits per heavy atom. The lowest BCUT2D eigenvalue weighted by Crippen LogP contribution is -2.30. The molecule has 0 unspecified atom stereocenters. The van der Waals surface area contributed by atoms with E-state index in [0.717, 1.165) is 62.9 Å². The number of carbonyl (C=O) groups excluding carboxylic acids is 2. The molecule has 0 heterocycles. The molecule has 0 aliphatic carbocycles. The highest BCUT2D eigenvalue weighted by atomic mass is 36.0. The van der Waals surface area contributed by atoms with Crippen molar-refractivity contribution >= 4 is 70.9 Å². The van der Waals surface area contributed by atoms with Crippen LogP contribution in [0.3, 0.4) is 0 Å². The van der Waals surface area contributed by atoms with E-state index in [0.29, 0.717) is 38.2 Å². The maximum Gasteiger partial charge on any atom is 0.303 e. The molecular formula is C77H164Cl4N4O8S. The zero-order valence-corrected chi connectivity index (χ0v) is 67.3. The summed E-state index contributed by atoms with van der Waals surface area (Å²) in [7, 11) is 7.36. The molecule has 0 aliphatic rings. The van der Waals surface area contributed by atoms with Crippen molar-refractivity contribution in [3.8, 4) is 0 Å². The highest BCUT2D eigenvalue weighted by Gasteiger charge is 2.04. The maximum atomic E-state index is 10.5. The number of halogens is 4. The Hall–Kier alpha value is -0.320. The summed E-state index contributed by atoms with van der Waals surface area (Å²) in [5, 5.41) is 33.9. The molecule has 1 amide bonds. The van der Waals surface area contributed by atoms with E-state index in [2.05, 4.69) is 81.7 Å². The van der Waals surface area contributed by atoms with Crippen molar-refractivity contribution in [3.63, 3.8) is 0 Å². The number of aliphatic hydroxyl groups excluding tert-OH is 3. The van der Waals surface area contributed by atoms with E-state index in [9.17, 15) is 14.4 Å². The molecule has 0 aliphatic heterocycles. The molecule has 0 saturated heterocycles. The van der Waals surface area contributed by atoms with Crippen LogP contribution in [-0.4, -0.2) is 98.5 Å². The number of amides is 1. The van der Waals surface area contributed by atoms with Gasteiger partial charge in [0.05, 0.1) is 19.8 Å². The quantitative estimate of drug-likeness (QED) is 0.0172. The average molecular weight is 1450 g/mol. The van der Waals surface area contributed by atoms with Crippen LogP contribution < -0.4 is 17.6 Å². The Balaban J connectivity index is -0.000000159. The van der Waals surface area contributed by atoms with Crippen LogP contribution in [0, 0.1) is 17.8 Å². The van der Waals surface area contributed by atoms with Crippen molar-refractivity contribution in [3.05, 3.63) is 0 Å². The van der Waals surface area contributed by atoms with Gasteiger partial charge >= 0.3 is 5.97 Å². The fraction of sp³-hybridized carbons (Fsp3) is 0.961. The SMILES string of the molecule is CC(C)CCCCCCCCCCCC(=O)O.CC(C)CCCCCCCCCCCN.CC(C)CCCCCCCCCCCN(CCO)CCO.CCCCCCCCCCCCCC(=O)Cl.CCCCCCCCCCCCCC(N)=O.N.O=S(Cl)Cl.OCCCl. The molecule has 94 heavy (non-hydrogen) atoms. The van der Waals surface area contributed by atoms with E-state index in [4.69, 9.17) is 59.3 Å². The molecule has 12 nitrogen and oxygen atoms in total. The number of aliphatic carboxylic acids is 1. The topological polar surface area (TPSA) is 239 Å². The highest BCUT2D eigenvalue weighted by molar-refractivity contribution is 8.26. The van der Waals surface area contributed by atoms with Crippen LogP contribution in [0.25, 0.3) is 0 Å². The number of carbonyl (C=O) groups is 3. The number of aliphatic hydroxyl groups is 3. The van der Waals surface area contributed by atoms with Gasteiger partial charge < -0.3 is 38.0 Å². The first kappa shape index (κ1) is 110. The summed E-state index contributed by atoms with van der Waals surface area (Å²) in [4.78, 5) is 33.4. The number of hydrogen-bond donors (Lipinski definition) is 7. The standard InChI is InChI=1S/C18H39NO2.C15H30O2.C14H27ClO.C14H29NO.C14H31N.C2H5ClO.Cl2OS.H3N/c1-18(2)12-10-8-6-4-3-5-7-9-11-13-19(14-16-20)15-17-21;1-14(2)12-10-8-6-4-3-5-7-9-11-13-15(16)17;2*1-2-3-4-5-6-7-8-9-10-11-12-13-14(15)16;1-14(2)12-10-8-6-4-3-5-7-9-11-13-15;3-1-2-4;1-4(2)3;/h18,20-21H,3-17H2,1-2H3;14H,3-13H2,1-2H3,(H,16,17);2-13H2,1H3;2-13H2,1H3,(H2,15,16);14H,3-13,15H2,1-2H3;4H,1-2H2;;1H3. The summed E-state index contributed by atoms with van der Waals surface area (Å²) < 4.78 is 9.09. The summed E-state index contributed by atoms with van der Waals surface area (Å²) in [6.07, 6.45) is 70.5. The van der Waals surface area contributed by atoms with Crippen LogP contribution >= 0.6 is 44.6 Å². The number of hydrogen-bond acceptors (Lipinski definition) is 10. The second kappa shape index (κ2) is 104. The minimum Gasteiger partial charge on any atom is -0.481 e. The Labute approximate surface area is 606 Å². The zero-order valence-electron chi connectivity index (χ0n) is 63.4. The van der Waals surface area contributed by atoms with E-state index in [1.165, 1.54) is 302 Å². The van der Waals surface area contributed by atoms with Crippen molar-refractivity contribution in [2.24, 2.45) is 29.2 Å². The summed E-state index contributed by atoms with van der Waals surface area (Å²) in [5.41, 5.74) is 10.5. The van der Waals surface area contributed by atoms with Gasteiger partial charge in [-0.1, -0.05) is 357 Å². The fourth-order valence-electron chi connectivity index (χ4n) is 10.6. The van der Waals surface area contributed by atoms with Gasteiger partial charge in [-0.25, -0.2) is 4.21 Å². The molecule has 0 rings (SSSR count). The zero-order chi connectivity index (χ0) is 71.2. The maximum absolute atomic E-state index is 10.5. The van der Waals surface area contributed by atoms with E-state index in [1.54, 1.807) is 0 Å². The average Bonchev–Trinajstić information content (AvgIpc) is 3.69. The molecule has 0 saturated carbocycles. The van der Waals surface area contributed by atoms with Crippen LogP contribution in [-0.2, 0) is 23.6 Å². The van der Waals surface area contributed by atoms with Gasteiger partial charge in [0, 0.05) is 59.6 Å². The Morgan fingerprint density at radius 1 is 0.383 bits per heavy atom. The number of nitrogens with zero attached hydrogens (tertiary/aromatic N) is 1. The third-order valence-electron chi connectivity index (χ3n) is 16.3. The number of alkyl halides is 1. The first-order valence-electron chi connectivity index (χ1n) is 39.0. The summed E-state index contributed by atoms with van der Waals surface area (Å²) >= 11 is 10.2. The summed E-state index contributed by atoms with van der Waals surface area (Å²) in [5.74, 6) is 2.14. The Morgan fingerprint density at radius 3 is 0.819 bits per heavy atom. The van der Waals surface area contributed by atoms with Gasteiger partial charge in [0.15, 0.2) is 0 Å². The number of unbranched alkanes of at least 4 members (excludes halogenated alkanes) is 44. The van der Waals surface area contributed by atoms with Gasteiger partial charge in [-0.05, 0) is 74.5 Å². The second-order valence-corrected chi connectivity index (χ2v) is 30.6. The second-order valence-electron chi connectivity index (χ2n) is 27.3.